The predicted molar refractivity (Wildman–Crippen MR) is 63.9 cm³/mol. The zero-order chi connectivity index (χ0) is 11.5. The molecule has 4 heteroatoms. The van der Waals surface area contributed by atoms with Gasteiger partial charge in [-0.1, -0.05) is 6.07 Å². The second-order valence-corrected chi connectivity index (χ2v) is 4.37. The van der Waals surface area contributed by atoms with Crippen LogP contribution in [0.5, 0.6) is 5.75 Å². The maximum absolute atomic E-state index is 11.7. The molecule has 0 radical (unpaired) electrons. The molecule has 0 unspecified atom stereocenters. The fourth-order valence-corrected chi connectivity index (χ4v) is 1.79. The first-order valence-corrected chi connectivity index (χ1v) is 5.89. The van der Waals surface area contributed by atoms with Gasteiger partial charge >= 0.3 is 0 Å². The molecule has 0 aliphatic heterocycles. The van der Waals surface area contributed by atoms with Gasteiger partial charge < -0.3 is 10.0 Å². The molecule has 0 aromatic heterocycles. The van der Waals surface area contributed by atoms with Crippen LogP contribution in [-0.2, 0) is 4.79 Å². The van der Waals surface area contributed by atoms with Crippen molar-refractivity contribution in [1.29, 1.82) is 0 Å². The van der Waals surface area contributed by atoms with Crippen LogP contribution in [0.2, 0.25) is 0 Å². The average molecular weight is 240 g/mol. The van der Waals surface area contributed by atoms with Crippen LogP contribution < -0.4 is 4.90 Å². The lowest BCUT2D eigenvalue weighted by molar-refractivity contribution is -0.116. The number of hydrogen-bond donors (Lipinski definition) is 1. The Morgan fingerprint density at radius 3 is 2.81 bits per heavy atom. The summed E-state index contributed by atoms with van der Waals surface area (Å²) in [6, 6.07) is 6.72. The number of benzene rings is 1. The van der Waals surface area contributed by atoms with Crippen LogP contribution in [0, 0.1) is 5.92 Å². The third-order valence-electron chi connectivity index (χ3n) is 2.69. The Morgan fingerprint density at radius 2 is 2.25 bits per heavy atom. The summed E-state index contributed by atoms with van der Waals surface area (Å²) in [7, 11) is 0. The lowest BCUT2D eigenvalue weighted by Crippen LogP contribution is -2.33. The monoisotopic (exact) mass is 239 g/mol. The topological polar surface area (TPSA) is 40.5 Å². The number of anilines is 1. The van der Waals surface area contributed by atoms with Gasteiger partial charge in [0.05, 0.1) is 0 Å². The largest absolute Gasteiger partial charge is 0.508 e. The number of halogens is 1. The van der Waals surface area contributed by atoms with Crippen LogP contribution >= 0.6 is 11.6 Å². The van der Waals surface area contributed by atoms with E-state index in [4.69, 9.17) is 11.6 Å². The summed E-state index contributed by atoms with van der Waals surface area (Å²) < 4.78 is 0. The number of aromatic hydroxyl groups is 1. The van der Waals surface area contributed by atoms with E-state index in [0.717, 1.165) is 5.69 Å². The molecule has 3 nitrogen and oxygen atoms in total. The van der Waals surface area contributed by atoms with E-state index in [0.29, 0.717) is 12.5 Å². The van der Waals surface area contributed by atoms with Crippen molar-refractivity contribution in [2.75, 3.05) is 17.3 Å². The van der Waals surface area contributed by atoms with Crippen molar-refractivity contribution in [2.24, 2.45) is 5.92 Å². The van der Waals surface area contributed by atoms with Gasteiger partial charge in [-0.05, 0) is 30.9 Å². The van der Waals surface area contributed by atoms with Gasteiger partial charge in [-0.2, -0.15) is 0 Å². The predicted octanol–water partition coefficient (Wildman–Crippen LogP) is 2.37. The van der Waals surface area contributed by atoms with Crippen molar-refractivity contribution in [2.45, 2.75) is 12.8 Å². The minimum atomic E-state index is -0.112. The van der Waals surface area contributed by atoms with Gasteiger partial charge in [0, 0.05) is 18.3 Å². The number of hydrogen-bond acceptors (Lipinski definition) is 2. The second kappa shape index (κ2) is 4.74. The van der Waals surface area contributed by atoms with Crippen molar-refractivity contribution < 1.29 is 9.90 Å². The molecule has 1 aromatic carbocycles. The molecular formula is C12H14ClNO2. The minimum Gasteiger partial charge on any atom is -0.508 e. The number of carbonyl (C=O) groups is 1. The summed E-state index contributed by atoms with van der Waals surface area (Å²) in [4.78, 5) is 13.4. The van der Waals surface area contributed by atoms with E-state index in [-0.39, 0.29) is 17.5 Å². The molecule has 16 heavy (non-hydrogen) atoms. The Hall–Kier alpha value is -1.22. The normalized spacial score (nSPS) is 14.8. The van der Waals surface area contributed by atoms with Gasteiger partial charge in [0.2, 0.25) is 5.91 Å². The average Bonchev–Trinajstić information content (AvgIpc) is 3.08. The standard InChI is InChI=1S/C12H14ClNO2/c13-7-12(16)14(8-9-4-5-9)10-2-1-3-11(15)6-10/h1-3,6,9,15H,4-5,7-8H2. The molecule has 1 saturated carbocycles. The fourth-order valence-electron chi connectivity index (χ4n) is 1.64. The highest BCUT2D eigenvalue weighted by molar-refractivity contribution is 6.29. The van der Waals surface area contributed by atoms with Gasteiger partial charge in [0.15, 0.2) is 0 Å². The molecule has 1 aliphatic rings. The van der Waals surface area contributed by atoms with Gasteiger partial charge in [-0.15, -0.1) is 11.6 Å². The number of alkyl halides is 1. The van der Waals surface area contributed by atoms with Crippen molar-refractivity contribution in [1.82, 2.24) is 0 Å². The Labute approximate surface area is 99.6 Å². The molecule has 1 amide bonds. The molecule has 2 rings (SSSR count). The van der Waals surface area contributed by atoms with Crippen LogP contribution in [0.4, 0.5) is 5.69 Å². The highest BCUT2D eigenvalue weighted by Gasteiger charge is 2.27. The Morgan fingerprint density at radius 1 is 1.50 bits per heavy atom. The maximum Gasteiger partial charge on any atom is 0.241 e. The van der Waals surface area contributed by atoms with E-state index in [1.807, 2.05) is 6.07 Å². The van der Waals surface area contributed by atoms with E-state index in [9.17, 15) is 9.90 Å². The second-order valence-electron chi connectivity index (χ2n) is 4.10. The lowest BCUT2D eigenvalue weighted by Gasteiger charge is -2.21. The van der Waals surface area contributed by atoms with Crippen molar-refractivity contribution in [3.8, 4) is 5.75 Å². The fraction of sp³-hybridized carbons (Fsp3) is 0.417. The van der Waals surface area contributed by atoms with Crippen LogP contribution in [0.3, 0.4) is 0 Å². The molecule has 0 saturated heterocycles. The minimum absolute atomic E-state index is 0.0254. The molecule has 1 fully saturated rings. The van der Waals surface area contributed by atoms with E-state index in [1.54, 1.807) is 23.1 Å². The van der Waals surface area contributed by atoms with Gasteiger partial charge in [0.1, 0.15) is 11.6 Å². The van der Waals surface area contributed by atoms with Crippen molar-refractivity contribution >= 4 is 23.2 Å². The molecule has 1 aliphatic carbocycles. The highest BCUT2D eigenvalue weighted by atomic mass is 35.5. The van der Waals surface area contributed by atoms with Crippen LogP contribution in [-0.4, -0.2) is 23.4 Å². The van der Waals surface area contributed by atoms with E-state index >= 15 is 0 Å². The zero-order valence-electron chi connectivity index (χ0n) is 8.90. The summed E-state index contributed by atoms with van der Waals surface area (Å²) >= 11 is 5.59. The SMILES string of the molecule is O=C(CCl)N(CC1CC1)c1cccc(O)c1. The van der Waals surface area contributed by atoms with Crippen LogP contribution in [0.1, 0.15) is 12.8 Å². The van der Waals surface area contributed by atoms with Crippen molar-refractivity contribution in [3.63, 3.8) is 0 Å². The Balaban J connectivity index is 2.19. The van der Waals surface area contributed by atoms with E-state index in [2.05, 4.69) is 0 Å². The summed E-state index contributed by atoms with van der Waals surface area (Å²) in [5.41, 5.74) is 0.720. The summed E-state index contributed by atoms with van der Waals surface area (Å²) in [5.74, 6) is 0.622. The number of nitrogens with zero attached hydrogens (tertiary/aromatic N) is 1. The first-order chi connectivity index (χ1) is 7.70. The molecular weight excluding hydrogens is 226 g/mol. The smallest absolute Gasteiger partial charge is 0.241 e. The molecule has 1 aromatic rings. The third kappa shape index (κ3) is 2.67. The number of phenols is 1. The maximum atomic E-state index is 11.7. The molecule has 0 spiro atoms. The van der Waals surface area contributed by atoms with Crippen LogP contribution in [0.15, 0.2) is 24.3 Å². The van der Waals surface area contributed by atoms with Gasteiger partial charge in [0.25, 0.3) is 0 Å². The third-order valence-corrected chi connectivity index (χ3v) is 2.92. The Bertz CT molecular complexity index is 390. The molecule has 0 atom stereocenters. The van der Waals surface area contributed by atoms with Gasteiger partial charge in [-0.25, -0.2) is 0 Å². The highest BCUT2D eigenvalue weighted by Crippen LogP contribution is 2.32. The molecule has 0 heterocycles. The van der Waals surface area contributed by atoms with E-state index < -0.39 is 0 Å². The first kappa shape index (κ1) is 11.3. The van der Waals surface area contributed by atoms with Gasteiger partial charge in [-0.3, -0.25) is 4.79 Å². The number of carbonyl (C=O) groups excluding carboxylic acids is 1. The Kier molecular flexibility index (Phi) is 3.34. The number of amides is 1. The molecule has 86 valence electrons. The van der Waals surface area contributed by atoms with E-state index in [1.165, 1.54) is 12.8 Å². The summed E-state index contributed by atoms with van der Waals surface area (Å²) in [6.07, 6.45) is 2.34. The zero-order valence-corrected chi connectivity index (χ0v) is 9.65. The van der Waals surface area contributed by atoms with Crippen LogP contribution in [0.25, 0.3) is 0 Å². The molecule has 1 N–H and O–H groups in total. The van der Waals surface area contributed by atoms with Crippen molar-refractivity contribution in [3.05, 3.63) is 24.3 Å². The summed E-state index contributed by atoms with van der Waals surface area (Å²) in [6.45, 7) is 0.703. The quantitative estimate of drug-likeness (QED) is 0.820. The number of phenolic OH excluding ortho intramolecular Hbond substituents is 1. The first-order valence-electron chi connectivity index (χ1n) is 5.36. The summed E-state index contributed by atoms with van der Waals surface area (Å²) in [5, 5.41) is 9.40. The number of rotatable bonds is 4. The lowest BCUT2D eigenvalue weighted by atomic mass is 10.2. The molecule has 0 bridgehead atoms.